The maximum absolute atomic E-state index is 12.5. The van der Waals surface area contributed by atoms with Gasteiger partial charge in [0.05, 0.1) is 12.2 Å². The number of nitrogens with one attached hydrogen (secondary N) is 1. The number of carbonyl (C=O) groups is 1. The fraction of sp³-hybridized carbons (Fsp3) is 0.444. The molecule has 0 bridgehead atoms. The predicted molar refractivity (Wildman–Crippen MR) is 88.3 cm³/mol. The van der Waals surface area contributed by atoms with Crippen molar-refractivity contribution in [2.75, 3.05) is 0 Å². The minimum atomic E-state index is -2.84. The van der Waals surface area contributed by atoms with Crippen molar-refractivity contribution in [3.8, 4) is 5.75 Å². The average molecular weight is 349 g/mol. The van der Waals surface area contributed by atoms with E-state index in [0.29, 0.717) is 6.42 Å². The Morgan fingerprint density at radius 1 is 1.40 bits per heavy atom. The molecule has 2 aromatic rings. The van der Waals surface area contributed by atoms with Crippen LogP contribution in [0.25, 0.3) is 0 Å². The number of aromatic nitrogens is 2. The van der Waals surface area contributed by atoms with Crippen LogP contribution in [-0.2, 0) is 11.8 Å². The van der Waals surface area contributed by atoms with Gasteiger partial charge in [0.1, 0.15) is 5.75 Å². The molecule has 1 saturated carbocycles. The smallest absolute Gasteiger partial charge is 0.387 e. The molecule has 25 heavy (non-hydrogen) atoms. The molecule has 134 valence electrons. The van der Waals surface area contributed by atoms with Gasteiger partial charge in [0.25, 0.3) is 0 Å². The summed E-state index contributed by atoms with van der Waals surface area (Å²) in [7, 11) is 1.86. The third-order valence-electron chi connectivity index (χ3n) is 4.51. The van der Waals surface area contributed by atoms with E-state index in [1.165, 1.54) is 12.1 Å². The van der Waals surface area contributed by atoms with E-state index in [-0.39, 0.29) is 29.5 Å². The van der Waals surface area contributed by atoms with Gasteiger partial charge in [-0.3, -0.25) is 9.48 Å². The average Bonchev–Trinajstić information content (AvgIpc) is 3.27. The Morgan fingerprint density at radius 3 is 2.68 bits per heavy atom. The molecular formula is C18H21F2N3O2. The Kier molecular flexibility index (Phi) is 5.01. The first-order chi connectivity index (χ1) is 12.0. The number of benzene rings is 1. The van der Waals surface area contributed by atoms with E-state index in [1.807, 2.05) is 20.2 Å². The molecule has 1 heterocycles. The molecule has 1 aromatic heterocycles. The number of nitrogens with zero attached hydrogens (tertiary/aromatic N) is 2. The molecule has 1 fully saturated rings. The Balaban J connectivity index is 1.59. The van der Waals surface area contributed by atoms with Gasteiger partial charge in [-0.15, -0.1) is 0 Å². The van der Waals surface area contributed by atoms with Crippen LogP contribution in [0.1, 0.15) is 42.9 Å². The van der Waals surface area contributed by atoms with Crippen LogP contribution in [0, 0.1) is 5.92 Å². The second-order valence-corrected chi connectivity index (χ2v) is 6.31. The lowest BCUT2D eigenvalue weighted by Crippen LogP contribution is -2.29. The molecule has 1 amide bonds. The SMILES string of the molecule is CC[C@H](NC(=O)[C@@H]1C[C@H]1c1cnn(C)c1)c1ccc(OC(F)F)cc1. The number of rotatable bonds is 7. The largest absolute Gasteiger partial charge is 0.435 e. The number of amides is 1. The monoisotopic (exact) mass is 349 g/mol. The lowest BCUT2D eigenvalue weighted by molar-refractivity contribution is -0.123. The maximum Gasteiger partial charge on any atom is 0.387 e. The molecule has 0 aliphatic heterocycles. The molecule has 7 heteroatoms. The highest BCUT2D eigenvalue weighted by atomic mass is 19.3. The van der Waals surface area contributed by atoms with Crippen molar-refractivity contribution < 1.29 is 18.3 Å². The number of ether oxygens (including phenoxy) is 1. The summed E-state index contributed by atoms with van der Waals surface area (Å²) in [6.07, 6.45) is 5.29. The summed E-state index contributed by atoms with van der Waals surface area (Å²) in [5.41, 5.74) is 1.96. The summed E-state index contributed by atoms with van der Waals surface area (Å²) in [5.74, 6) is 0.333. The van der Waals surface area contributed by atoms with Crippen molar-refractivity contribution in [1.82, 2.24) is 15.1 Å². The predicted octanol–water partition coefficient (Wildman–Crippen LogP) is 3.39. The normalized spacial score (nSPS) is 20.4. The Morgan fingerprint density at radius 2 is 2.12 bits per heavy atom. The highest BCUT2D eigenvalue weighted by Gasteiger charge is 2.45. The van der Waals surface area contributed by atoms with Crippen LogP contribution in [0.15, 0.2) is 36.7 Å². The van der Waals surface area contributed by atoms with Gasteiger partial charge in [0.2, 0.25) is 5.91 Å². The fourth-order valence-electron chi connectivity index (χ4n) is 3.07. The molecule has 3 atom stereocenters. The molecule has 1 aliphatic carbocycles. The summed E-state index contributed by atoms with van der Waals surface area (Å²) in [6, 6.07) is 6.25. The van der Waals surface area contributed by atoms with E-state index < -0.39 is 6.61 Å². The van der Waals surface area contributed by atoms with E-state index in [4.69, 9.17) is 0 Å². The van der Waals surface area contributed by atoms with Crippen molar-refractivity contribution in [1.29, 1.82) is 0 Å². The van der Waals surface area contributed by atoms with Crippen LogP contribution < -0.4 is 10.1 Å². The lowest BCUT2D eigenvalue weighted by Gasteiger charge is -2.18. The van der Waals surface area contributed by atoms with Crippen molar-refractivity contribution in [3.05, 3.63) is 47.8 Å². The van der Waals surface area contributed by atoms with Crippen LogP contribution in [0.5, 0.6) is 5.75 Å². The molecule has 3 rings (SSSR count). The van der Waals surface area contributed by atoms with Gasteiger partial charge >= 0.3 is 6.61 Å². The fourth-order valence-corrected chi connectivity index (χ4v) is 3.07. The Bertz CT molecular complexity index is 730. The number of aryl methyl sites for hydroxylation is 1. The van der Waals surface area contributed by atoms with Crippen LogP contribution in [0.4, 0.5) is 8.78 Å². The Labute approximate surface area is 145 Å². The third kappa shape index (κ3) is 4.15. The van der Waals surface area contributed by atoms with Gasteiger partial charge in [0, 0.05) is 19.2 Å². The zero-order valence-electron chi connectivity index (χ0n) is 14.2. The minimum absolute atomic E-state index is 0.0219. The standard InChI is InChI=1S/C18H21F2N3O2/c1-3-16(11-4-6-13(7-5-11)25-18(19)20)22-17(24)15-8-14(15)12-9-21-23(2)10-12/h4-7,9-10,14-16,18H,3,8H2,1-2H3,(H,22,24)/t14-,15+,16-/m0/s1. The zero-order chi connectivity index (χ0) is 18.0. The number of carbonyl (C=O) groups excluding carboxylic acids is 1. The van der Waals surface area contributed by atoms with Gasteiger partial charge in [-0.1, -0.05) is 19.1 Å². The van der Waals surface area contributed by atoms with E-state index in [1.54, 1.807) is 23.0 Å². The third-order valence-corrected chi connectivity index (χ3v) is 4.51. The van der Waals surface area contributed by atoms with Gasteiger partial charge in [-0.05, 0) is 42.0 Å². The molecule has 0 unspecified atom stereocenters. The van der Waals surface area contributed by atoms with E-state index in [0.717, 1.165) is 17.5 Å². The van der Waals surface area contributed by atoms with E-state index in [2.05, 4.69) is 15.2 Å². The van der Waals surface area contributed by atoms with Crippen molar-refractivity contribution in [2.45, 2.75) is 38.3 Å². The van der Waals surface area contributed by atoms with Crippen molar-refractivity contribution >= 4 is 5.91 Å². The molecule has 1 N–H and O–H groups in total. The molecule has 5 nitrogen and oxygen atoms in total. The molecule has 0 spiro atoms. The second-order valence-electron chi connectivity index (χ2n) is 6.31. The summed E-state index contributed by atoms with van der Waals surface area (Å²) >= 11 is 0. The molecular weight excluding hydrogens is 328 g/mol. The summed E-state index contributed by atoms with van der Waals surface area (Å²) < 4.78 is 30.5. The summed E-state index contributed by atoms with van der Waals surface area (Å²) in [5, 5.41) is 7.20. The molecule has 0 saturated heterocycles. The van der Waals surface area contributed by atoms with Crippen LogP contribution in [-0.4, -0.2) is 22.3 Å². The van der Waals surface area contributed by atoms with Crippen LogP contribution in [0.3, 0.4) is 0 Å². The van der Waals surface area contributed by atoms with Crippen LogP contribution in [0.2, 0.25) is 0 Å². The topological polar surface area (TPSA) is 56.2 Å². The van der Waals surface area contributed by atoms with E-state index in [9.17, 15) is 13.6 Å². The first-order valence-corrected chi connectivity index (χ1v) is 8.31. The maximum atomic E-state index is 12.5. The highest BCUT2D eigenvalue weighted by molar-refractivity contribution is 5.83. The second kappa shape index (κ2) is 7.21. The summed E-state index contributed by atoms with van der Waals surface area (Å²) in [4.78, 5) is 12.5. The molecule has 0 radical (unpaired) electrons. The first-order valence-electron chi connectivity index (χ1n) is 8.31. The molecule has 1 aliphatic rings. The van der Waals surface area contributed by atoms with Gasteiger partial charge < -0.3 is 10.1 Å². The Hall–Kier alpha value is -2.44. The van der Waals surface area contributed by atoms with E-state index >= 15 is 0 Å². The van der Waals surface area contributed by atoms with Crippen molar-refractivity contribution in [2.24, 2.45) is 13.0 Å². The quantitative estimate of drug-likeness (QED) is 0.834. The zero-order valence-corrected chi connectivity index (χ0v) is 14.2. The van der Waals surface area contributed by atoms with Gasteiger partial charge in [-0.2, -0.15) is 13.9 Å². The summed E-state index contributed by atoms with van der Waals surface area (Å²) in [6.45, 7) is -0.869. The number of hydrogen-bond donors (Lipinski definition) is 1. The van der Waals surface area contributed by atoms with Gasteiger partial charge in [0.15, 0.2) is 0 Å². The number of hydrogen-bond acceptors (Lipinski definition) is 3. The van der Waals surface area contributed by atoms with Crippen molar-refractivity contribution in [3.63, 3.8) is 0 Å². The number of halogens is 2. The highest BCUT2D eigenvalue weighted by Crippen LogP contribution is 2.47. The van der Waals surface area contributed by atoms with Crippen LogP contribution >= 0.6 is 0 Å². The lowest BCUT2D eigenvalue weighted by atomic mass is 10.0. The first kappa shape index (κ1) is 17.4. The number of alkyl halides is 2. The molecule has 1 aromatic carbocycles. The van der Waals surface area contributed by atoms with Gasteiger partial charge in [-0.25, -0.2) is 0 Å². The minimum Gasteiger partial charge on any atom is -0.435 e.